The minimum atomic E-state index is -0.378. The standard InChI is InChI=1S/C22H27BrN2O3/c1-3-25(21-11-8-17(13-24-21)22(26)27-2)14-18-12-19(23)9-10-20(18)28-15-16-6-4-5-7-16/h8-13,16H,3-7,14-15H2,1-2H3. The van der Waals surface area contributed by atoms with E-state index in [0.717, 1.165) is 34.8 Å². The van der Waals surface area contributed by atoms with Crippen LogP contribution in [0, 0.1) is 5.92 Å². The Kier molecular flexibility index (Phi) is 7.31. The fourth-order valence-electron chi connectivity index (χ4n) is 3.57. The lowest BCUT2D eigenvalue weighted by atomic mass is 10.1. The number of hydrogen-bond donors (Lipinski definition) is 0. The Morgan fingerprint density at radius 1 is 1.25 bits per heavy atom. The van der Waals surface area contributed by atoms with E-state index in [4.69, 9.17) is 9.47 Å². The van der Waals surface area contributed by atoms with Gasteiger partial charge in [-0.15, -0.1) is 0 Å². The lowest BCUT2D eigenvalue weighted by Crippen LogP contribution is -2.24. The number of rotatable bonds is 8. The number of carbonyl (C=O) groups excluding carboxylic acids is 1. The molecule has 6 heteroatoms. The Balaban J connectivity index is 1.74. The van der Waals surface area contributed by atoms with Gasteiger partial charge in [-0.1, -0.05) is 28.8 Å². The Bertz CT molecular complexity index is 789. The van der Waals surface area contributed by atoms with Crippen molar-refractivity contribution < 1.29 is 14.3 Å². The molecule has 0 N–H and O–H groups in total. The van der Waals surface area contributed by atoms with Crippen molar-refractivity contribution in [3.05, 3.63) is 52.1 Å². The van der Waals surface area contributed by atoms with Crippen LogP contribution in [0.4, 0.5) is 5.82 Å². The van der Waals surface area contributed by atoms with Gasteiger partial charge in [0, 0.05) is 29.3 Å². The summed E-state index contributed by atoms with van der Waals surface area (Å²) >= 11 is 3.57. The lowest BCUT2D eigenvalue weighted by molar-refractivity contribution is 0.0600. The fourth-order valence-corrected chi connectivity index (χ4v) is 3.98. The first-order chi connectivity index (χ1) is 13.6. The molecule has 28 heavy (non-hydrogen) atoms. The first-order valence-corrected chi connectivity index (χ1v) is 10.6. The smallest absolute Gasteiger partial charge is 0.339 e. The van der Waals surface area contributed by atoms with E-state index in [-0.39, 0.29) is 5.97 Å². The van der Waals surface area contributed by atoms with Gasteiger partial charge in [0.15, 0.2) is 0 Å². The maximum atomic E-state index is 11.6. The number of anilines is 1. The largest absolute Gasteiger partial charge is 0.493 e. The summed E-state index contributed by atoms with van der Waals surface area (Å²) in [6, 6.07) is 9.76. The molecule has 0 radical (unpaired) electrons. The van der Waals surface area contributed by atoms with Crippen molar-refractivity contribution in [2.75, 3.05) is 25.2 Å². The van der Waals surface area contributed by atoms with Crippen LogP contribution in [0.3, 0.4) is 0 Å². The molecule has 5 nitrogen and oxygen atoms in total. The van der Waals surface area contributed by atoms with Crippen molar-refractivity contribution in [1.29, 1.82) is 0 Å². The molecule has 0 spiro atoms. The monoisotopic (exact) mass is 446 g/mol. The number of methoxy groups -OCH3 is 1. The van der Waals surface area contributed by atoms with E-state index in [9.17, 15) is 4.79 Å². The van der Waals surface area contributed by atoms with Crippen LogP contribution in [0.25, 0.3) is 0 Å². The third-order valence-electron chi connectivity index (χ3n) is 5.21. The van der Waals surface area contributed by atoms with Crippen molar-refractivity contribution in [3.8, 4) is 5.75 Å². The maximum absolute atomic E-state index is 11.6. The van der Waals surface area contributed by atoms with Gasteiger partial charge in [0.1, 0.15) is 11.6 Å². The summed E-state index contributed by atoms with van der Waals surface area (Å²) in [4.78, 5) is 18.2. The Labute approximate surface area is 175 Å². The number of ether oxygens (including phenoxy) is 2. The van der Waals surface area contributed by atoms with Gasteiger partial charge >= 0.3 is 5.97 Å². The predicted molar refractivity (Wildman–Crippen MR) is 114 cm³/mol. The summed E-state index contributed by atoms with van der Waals surface area (Å²) in [5.41, 5.74) is 1.57. The highest BCUT2D eigenvalue weighted by molar-refractivity contribution is 9.10. The van der Waals surface area contributed by atoms with Gasteiger partial charge < -0.3 is 14.4 Å². The molecule has 0 amide bonds. The number of halogens is 1. The number of aromatic nitrogens is 1. The van der Waals surface area contributed by atoms with Crippen molar-refractivity contribution in [1.82, 2.24) is 4.98 Å². The van der Waals surface area contributed by atoms with E-state index in [2.05, 4.69) is 38.8 Å². The highest BCUT2D eigenvalue weighted by Crippen LogP contribution is 2.29. The highest BCUT2D eigenvalue weighted by Gasteiger charge is 2.17. The molecule has 0 aliphatic heterocycles. The van der Waals surface area contributed by atoms with Gasteiger partial charge in [-0.2, -0.15) is 0 Å². The number of nitrogens with zero attached hydrogens (tertiary/aromatic N) is 2. The molecule has 2 aromatic rings. The molecule has 150 valence electrons. The SMILES string of the molecule is CCN(Cc1cc(Br)ccc1OCC1CCCC1)c1ccc(C(=O)OC)cn1. The van der Waals surface area contributed by atoms with Gasteiger partial charge in [0.2, 0.25) is 0 Å². The summed E-state index contributed by atoms with van der Waals surface area (Å²) < 4.78 is 12.0. The van der Waals surface area contributed by atoms with E-state index >= 15 is 0 Å². The van der Waals surface area contributed by atoms with Crippen LogP contribution in [-0.4, -0.2) is 31.2 Å². The van der Waals surface area contributed by atoms with Crippen molar-refractivity contribution in [2.45, 2.75) is 39.2 Å². The van der Waals surface area contributed by atoms with Gasteiger partial charge in [-0.05, 0) is 56.0 Å². The van der Waals surface area contributed by atoms with Crippen LogP contribution in [0.15, 0.2) is 41.0 Å². The molecule has 1 aliphatic carbocycles. The van der Waals surface area contributed by atoms with Crippen LogP contribution in [-0.2, 0) is 11.3 Å². The Morgan fingerprint density at radius 3 is 2.68 bits per heavy atom. The normalized spacial score (nSPS) is 14.1. The average molecular weight is 447 g/mol. The maximum Gasteiger partial charge on any atom is 0.339 e. The molecular weight excluding hydrogens is 420 g/mol. The first kappa shape index (κ1) is 20.6. The highest BCUT2D eigenvalue weighted by atomic mass is 79.9. The predicted octanol–water partition coefficient (Wildman–Crippen LogP) is 5.23. The van der Waals surface area contributed by atoms with E-state index in [1.54, 1.807) is 12.3 Å². The average Bonchev–Trinajstić information content (AvgIpc) is 3.24. The molecule has 3 rings (SSSR count). The molecule has 0 saturated heterocycles. The number of pyridine rings is 1. The zero-order valence-electron chi connectivity index (χ0n) is 16.5. The van der Waals surface area contributed by atoms with E-state index in [0.29, 0.717) is 18.0 Å². The summed E-state index contributed by atoms with van der Waals surface area (Å²) in [6.07, 6.45) is 6.73. The first-order valence-electron chi connectivity index (χ1n) is 9.81. The van der Waals surface area contributed by atoms with Gasteiger partial charge in [0.25, 0.3) is 0 Å². The summed E-state index contributed by atoms with van der Waals surface area (Å²) in [5, 5.41) is 0. The fraction of sp³-hybridized carbons (Fsp3) is 0.455. The number of carbonyl (C=O) groups is 1. The molecule has 1 saturated carbocycles. The number of esters is 1. The molecule has 1 heterocycles. The second kappa shape index (κ2) is 9.92. The van der Waals surface area contributed by atoms with Crippen LogP contribution >= 0.6 is 15.9 Å². The molecule has 1 fully saturated rings. The third-order valence-corrected chi connectivity index (χ3v) is 5.70. The van der Waals surface area contributed by atoms with Crippen LogP contribution in [0.2, 0.25) is 0 Å². The number of benzene rings is 1. The zero-order chi connectivity index (χ0) is 19.9. The zero-order valence-corrected chi connectivity index (χ0v) is 18.1. The molecule has 1 aliphatic rings. The molecular formula is C22H27BrN2O3. The third kappa shape index (κ3) is 5.25. The van der Waals surface area contributed by atoms with Crippen LogP contribution in [0.1, 0.15) is 48.5 Å². The van der Waals surface area contributed by atoms with Gasteiger partial charge in [-0.25, -0.2) is 9.78 Å². The second-order valence-corrected chi connectivity index (χ2v) is 8.04. The summed E-state index contributed by atoms with van der Waals surface area (Å²) in [5.74, 6) is 2.04. The summed E-state index contributed by atoms with van der Waals surface area (Å²) in [6.45, 7) is 4.35. The minimum absolute atomic E-state index is 0.378. The Morgan fingerprint density at radius 2 is 2.04 bits per heavy atom. The van der Waals surface area contributed by atoms with E-state index in [1.807, 2.05) is 18.2 Å². The topological polar surface area (TPSA) is 51.7 Å². The Hall–Kier alpha value is -2.08. The quantitative estimate of drug-likeness (QED) is 0.519. The molecule has 1 aromatic heterocycles. The van der Waals surface area contributed by atoms with Crippen molar-refractivity contribution >= 4 is 27.7 Å². The second-order valence-electron chi connectivity index (χ2n) is 7.12. The van der Waals surface area contributed by atoms with Crippen molar-refractivity contribution in [2.24, 2.45) is 5.92 Å². The molecule has 0 atom stereocenters. The molecule has 0 unspecified atom stereocenters. The van der Waals surface area contributed by atoms with E-state index in [1.165, 1.54) is 32.8 Å². The molecule has 0 bridgehead atoms. The number of hydrogen-bond acceptors (Lipinski definition) is 5. The minimum Gasteiger partial charge on any atom is -0.493 e. The van der Waals surface area contributed by atoms with Gasteiger partial charge in [-0.3, -0.25) is 0 Å². The summed E-state index contributed by atoms with van der Waals surface area (Å²) in [7, 11) is 1.37. The lowest BCUT2D eigenvalue weighted by Gasteiger charge is -2.24. The van der Waals surface area contributed by atoms with Crippen LogP contribution in [0.5, 0.6) is 5.75 Å². The van der Waals surface area contributed by atoms with Crippen LogP contribution < -0.4 is 9.64 Å². The molecule has 1 aromatic carbocycles. The van der Waals surface area contributed by atoms with E-state index < -0.39 is 0 Å². The van der Waals surface area contributed by atoms with Crippen molar-refractivity contribution in [3.63, 3.8) is 0 Å². The van der Waals surface area contributed by atoms with Gasteiger partial charge in [0.05, 0.1) is 19.3 Å².